The Hall–Kier alpha value is 1.19. The van der Waals surface area contributed by atoms with Gasteiger partial charge in [-0.3, -0.25) is 0 Å². The molecule has 0 saturated carbocycles. The summed E-state index contributed by atoms with van der Waals surface area (Å²) < 4.78 is 5.08. The first kappa shape index (κ1) is 19.7. The molecule has 1 aliphatic carbocycles. The third-order valence-electron chi connectivity index (χ3n) is 1.80. The molecule has 0 fully saturated rings. The van der Waals surface area contributed by atoms with E-state index in [1.54, 1.807) is 5.57 Å². The van der Waals surface area contributed by atoms with Crippen molar-refractivity contribution in [2.75, 3.05) is 6.61 Å². The van der Waals surface area contributed by atoms with Crippen molar-refractivity contribution >= 4 is 0 Å². The molecule has 0 amide bonds. The second-order valence-corrected chi connectivity index (χ2v) is 3.20. The fourth-order valence-corrected chi connectivity index (χ4v) is 1.38. The number of halogens is 3. The molecule has 0 aromatic heterocycles. The van der Waals surface area contributed by atoms with E-state index in [-0.39, 0.29) is 37.2 Å². The fraction of sp³-hybridized carbons (Fsp3) is 0.500. The predicted molar refractivity (Wildman–Crippen MR) is 37.0 cm³/mol. The van der Waals surface area contributed by atoms with Crippen LogP contribution >= 0.6 is 0 Å². The van der Waals surface area contributed by atoms with E-state index in [2.05, 4.69) is 19.1 Å². The SMILES string of the molecule is CC1=C(CC[O][Zr+3])CC=C1.[Cl-].[Cl-].[Cl-]. The maximum Gasteiger partial charge on any atom is -1.00 e. The topological polar surface area (TPSA) is 9.23 Å². The summed E-state index contributed by atoms with van der Waals surface area (Å²) in [5, 5.41) is 0. The standard InChI is InChI=1S/C8H11O.3ClH.Zr/c1-7-3-2-4-8(7)5-6-9;;;;/h2-3H,4-6H2,1H3;3*1H;/q-1;;;;+4/p-3. The zero-order valence-corrected chi connectivity index (χ0v) is 12.0. The van der Waals surface area contributed by atoms with E-state index in [1.165, 1.54) is 30.7 Å². The average Bonchev–Trinajstić information content (AvgIpc) is 2.31. The molecular formula is C8H11Cl3OZr. The Morgan fingerprint density at radius 2 is 2.00 bits per heavy atom. The normalized spacial score (nSPS) is 13.2. The quantitative estimate of drug-likeness (QED) is 0.502. The Balaban J connectivity index is -0.000000333. The minimum absolute atomic E-state index is 0. The number of hydrogen-bond acceptors (Lipinski definition) is 1. The van der Waals surface area contributed by atoms with Crippen LogP contribution < -0.4 is 37.2 Å². The molecule has 0 heterocycles. The van der Waals surface area contributed by atoms with Crippen molar-refractivity contribution < 1.29 is 65.2 Å². The minimum atomic E-state index is 0. The Morgan fingerprint density at radius 3 is 2.38 bits per heavy atom. The van der Waals surface area contributed by atoms with Crippen molar-refractivity contribution in [1.82, 2.24) is 0 Å². The molecule has 1 aliphatic rings. The summed E-state index contributed by atoms with van der Waals surface area (Å²) in [5.41, 5.74) is 2.98. The molecule has 1 rings (SSSR count). The van der Waals surface area contributed by atoms with Gasteiger partial charge in [-0.25, -0.2) is 0 Å². The predicted octanol–water partition coefficient (Wildman–Crippen LogP) is -6.86. The van der Waals surface area contributed by atoms with Crippen LogP contribution in [0.5, 0.6) is 0 Å². The van der Waals surface area contributed by atoms with E-state index in [4.69, 9.17) is 2.81 Å². The third kappa shape index (κ3) is 7.16. The van der Waals surface area contributed by atoms with Crippen molar-refractivity contribution in [3.8, 4) is 0 Å². The second kappa shape index (κ2) is 11.3. The van der Waals surface area contributed by atoms with Crippen LogP contribution in [-0.4, -0.2) is 6.61 Å². The van der Waals surface area contributed by atoms with Gasteiger partial charge < -0.3 is 37.2 Å². The average molecular weight is 321 g/mol. The van der Waals surface area contributed by atoms with Crippen LogP contribution in [-0.2, 0) is 28.0 Å². The molecular weight excluding hydrogens is 310 g/mol. The van der Waals surface area contributed by atoms with Gasteiger partial charge in [-0.05, 0) is 0 Å². The Labute approximate surface area is 114 Å². The van der Waals surface area contributed by atoms with Gasteiger partial charge in [0.15, 0.2) is 0 Å². The second-order valence-electron chi connectivity index (χ2n) is 2.49. The zero-order chi connectivity index (χ0) is 7.40. The fourth-order valence-electron chi connectivity index (χ4n) is 1.13. The van der Waals surface area contributed by atoms with E-state index in [0.29, 0.717) is 0 Å². The Kier molecular flexibility index (Phi) is 17.1. The summed E-state index contributed by atoms with van der Waals surface area (Å²) in [6.45, 7) is 3.06. The summed E-state index contributed by atoms with van der Waals surface area (Å²) in [6, 6.07) is 0. The van der Waals surface area contributed by atoms with Gasteiger partial charge in [0.25, 0.3) is 0 Å². The van der Waals surface area contributed by atoms with Crippen molar-refractivity contribution in [3.63, 3.8) is 0 Å². The van der Waals surface area contributed by atoms with Gasteiger partial charge in [0.05, 0.1) is 0 Å². The van der Waals surface area contributed by atoms with Crippen LogP contribution in [0, 0.1) is 0 Å². The van der Waals surface area contributed by atoms with Crippen molar-refractivity contribution in [2.45, 2.75) is 19.8 Å². The van der Waals surface area contributed by atoms with Crippen LogP contribution in [0.1, 0.15) is 19.8 Å². The first-order chi connectivity index (χ1) is 4.84. The molecule has 0 aromatic rings. The molecule has 0 aliphatic heterocycles. The number of allylic oxidation sites excluding steroid dienone is 3. The summed E-state index contributed by atoms with van der Waals surface area (Å²) in [4.78, 5) is 0. The first-order valence-corrected chi connectivity index (χ1v) is 4.48. The molecule has 0 aromatic carbocycles. The Bertz CT molecular complexity index is 180. The molecule has 1 nitrogen and oxygen atoms in total. The maximum atomic E-state index is 5.08. The van der Waals surface area contributed by atoms with Gasteiger partial charge in [-0.2, -0.15) is 0 Å². The maximum absolute atomic E-state index is 5.08. The van der Waals surface area contributed by atoms with Gasteiger partial charge in [0.2, 0.25) is 0 Å². The van der Waals surface area contributed by atoms with Crippen LogP contribution in [0.2, 0.25) is 0 Å². The van der Waals surface area contributed by atoms with Crippen LogP contribution in [0.15, 0.2) is 23.3 Å². The molecule has 74 valence electrons. The first-order valence-electron chi connectivity index (χ1n) is 3.48. The monoisotopic (exact) mass is 318 g/mol. The van der Waals surface area contributed by atoms with Gasteiger partial charge in [0, 0.05) is 0 Å². The molecule has 0 spiro atoms. The van der Waals surface area contributed by atoms with Crippen LogP contribution in [0.3, 0.4) is 0 Å². The van der Waals surface area contributed by atoms with Crippen molar-refractivity contribution in [1.29, 1.82) is 0 Å². The molecule has 5 heteroatoms. The number of rotatable bonds is 3. The summed E-state index contributed by atoms with van der Waals surface area (Å²) in [6.07, 6.45) is 6.67. The van der Waals surface area contributed by atoms with Gasteiger partial charge in [-0.1, -0.05) is 0 Å². The summed E-state index contributed by atoms with van der Waals surface area (Å²) >= 11 is 1.18. The molecule has 0 unspecified atom stereocenters. The molecule has 13 heavy (non-hydrogen) atoms. The summed E-state index contributed by atoms with van der Waals surface area (Å²) in [5.74, 6) is 0. The van der Waals surface area contributed by atoms with Crippen LogP contribution in [0.4, 0.5) is 0 Å². The van der Waals surface area contributed by atoms with Gasteiger partial charge >= 0.3 is 77.6 Å². The third-order valence-corrected chi connectivity index (χ3v) is 2.30. The molecule has 0 N–H and O–H groups in total. The van der Waals surface area contributed by atoms with Crippen molar-refractivity contribution in [2.24, 2.45) is 0 Å². The van der Waals surface area contributed by atoms with Gasteiger partial charge in [-0.15, -0.1) is 0 Å². The van der Waals surface area contributed by atoms with Crippen molar-refractivity contribution in [3.05, 3.63) is 23.3 Å². The van der Waals surface area contributed by atoms with E-state index in [1.807, 2.05) is 0 Å². The van der Waals surface area contributed by atoms with Crippen LogP contribution in [0.25, 0.3) is 0 Å². The molecule has 0 atom stereocenters. The molecule has 0 bridgehead atoms. The Morgan fingerprint density at radius 1 is 1.38 bits per heavy atom. The minimum Gasteiger partial charge on any atom is -1.00 e. The smallest absolute Gasteiger partial charge is 1.00 e. The largest absolute Gasteiger partial charge is 1.00 e. The summed E-state index contributed by atoms with van der Waals surface area (Å²) in [7, 11) is 0. The van der Waals surface area contributed by atoms with Gasteiger partial charge in [0.1, 0.15) is 0 Å². The van der Waals surface area contributed by atoms with E-state index < -0.39 is 0 Å². The van der Waals surface area contributed by atoms with E-state index in [0.717, 1.165) is 19.4 Å². The number of hydrogen-bond donors (Lipinski definition) is 0. The van der Waals surface area contributed by atoms with E-state index >= 15 is 0 Å². The molecule has 0 radical (unpaired) electrons. The molecule has 0 saturated heterocycles. The zero-order valence-electron chi connectivity index (χ0n) is 7.32. The van der Waals surface area contributed by atoms with E-state index in [9.17, 15) is 0 Å².